The van der Waals surface area contributed by atoms with Gasteiger partial charge in [-0.05, 0) is 12.1 Å². The highest BCUT2D eigenvalue weighted by Crippen LogP contribution is 2.03. The first kappa shape index (κ1) is 11.2. The maximum absolute atomic E-state index is 11.3. The molecule has 0 atom stereocenters. The minimum Gasteiger partial charge on any atom is -0.247 e. The first-order valence-electron chi connectivity index (χ1n) is 4.59. The molecule has 0 unspecified atom stereocenters. The van der Waals surface area contributed by atoms with Gasteiger partial charge < -0.3 is 0 Å². The Bertz CT molecular complexity index is 343. The van der Waals surface area contributed by atoms with Crippen LogP contribution in [-0.2, 0) is 14.6 Å². The molecule has 0 aliphatic heterocycles. The van der Waals surface area contributed by atoms with Crippen molar-refractivity contribution >= 4 is 11.9 Å². The molecule has 0 spiro atoms. The maximum Gasteiger partial charge on any atom is 0.386 e. The zero-order chi connectivity index (χ0) is 11.3. The van der Waals surface area contributed by atoms with Crippen molar-refractivity contribution in [2.24, 2.45) is 5.92 Å². The van der Waals surface area contributed by atoms with Crippen LogP contribution < -0.4 is 0 Å². The molecule has 0 N–H and O–H groups in total. The van der Waals surface area contributed by atoms with E-state index < -0.39 is 11.9 Å². The highest BCUT2D eigenvalue weighted by atomic mass is 17.2. The third kappa shape index (κ3) is 3.42. The molecule has 0 aromatic heterocycles. The molecular formula is C11H12O4. The zero-order valence-corrected chi connectivity index (χ0v) is 8.60. The maximum atomic E-state index is 11.3. The SMILES string of the molecule is CC(C)C(=O)OOC(=O)c1ccccc1. The molecule has 0 radical (unpaired) electrons. The standard InChI is InChI=1S/C11H12O4/c1-8(2)10(12)14-15-11(13)9-6-4-3-5-7-9/h3-8H,1-2H3. The molecule has 1 rings (SSSR count). The molecule has 0 heterocycles. The van der Waals surface area contributed by atoms with Crippen LogP contribution in [0.4, 0.5) is 0 Å². The molecule has 15 heavy (non-hydrogen) atoms. The Balaban J connectivity index is 2.48. The molecule has 0 bridgehead atoms. The van der Waals surface area contributed by atoms with Gasteiger partial charge in [-0.15, -0.1) is 0 Å². The van der Waals surface area contributed by atoms with E-state index >= 15 is 0 Å². The fourth-order valence-corrected chi connectivity index (χ4v) is 0.797. The van der Waals surface area contributed by atoms with Gasteiger partial charge in [-0.2, -0.15) is 0 Å². The molecular weight excluding hydrogens is 196 g/mol. The van der Waals surface area contributed by atoms with E-state index in [0.717, 1.165) is 0 Å². The molecule has 0 saturated heterocycles. The van der Waals surface area contributed by atoms with Gasteiger partial charge in [0.1, 0.15) is 0 Å². The summed E-state index contributed by atoms with van der Waals surface area (Å²) < 4.78 is 0. The van der Waals surface area contributed by atoms with Crippen LogP contribution in [-0.4, -0.2) is 11.9 Å². The summed E-state index contributed by atoms with van der Waals surface area (Å²) >= 11 is 0. The van der Waals surface area contributed by atoms with Crippen LogP contribution in [0.15, 0.2) is 30.3 Å². The van der Waals surface area contributed by atoms with Gasteiger partial charge in [0.25, 0.3) is 0 Å². The average Bonchev–Trinajstić information content (AvgIpc) is 2.26. The molecule has 0 aliphatic rings. The fourth-order valence-electron chi connectivity index (χ4n) is 0.797. The number of hydrogen-bond acceptors (Lipinski definition) is 4. The molecule has 0 fully saturated rings. The topological polar surface area (TPSA) is 52.6 Å². The Morgan fingerprint density at radius 1 is 1.07 bits per heavy atom. The van der Waals surface area contributed by atoms with E-state index in [1.54, 1.807) is 44.2 Å². The quantitative estimate of drug-likeness (QED) is 0.550. The lowest BCUT2D eigenvalue weighted by atomic mass is 10.2. The molecule has 0 saturated carbocycles. The number of carbonyl (C=O) groups excluding carboxylic acids is 2. The van der Waals surface area contributed by atoms with Crippen molar-refractivity contribution in [2.45, 2.75) is 13.8 Å². The van der Waals surface area contributed by atoms with Crippen molar-refractivity contribution in [1.82, 2.24) is 0 Å². The highest BCUT2D eigenvalue weighted by molar-refractivity contribution is 5.89. The summed E-state index contributed by atoms with van der Waals surface area (Å²) in [4.78, 5) is 30.9. The van der Waals surface area contributed by atoms with Gasteiger partial charge in [0.15, 0.2) is 0 Å². The van der Waals surface area contributed by atoms with Crippen LogP contribution >= 0.6 is 0 Å². The fraction of sp³-hybridized carbons (Fsp3) is 0.273. The molecule has 4 nitrogen and oxygen atoms in total. The summed E-state index contributed by atoms with van der Waals surface area (Å²) in [6.07, 6.45) is 0. The van der Waals surface area contributed by atoms with Crippen molar-refractivity contribution < 1.29 is 19.4 Å². The predicted molar refractivity (Wildman–Crippen MR) is 52.8 cm³/mol. The Hall–Kier alpha value is -1.84. The second kappa shape index (κ2) is 5.14. The summed E-state index contributed by atoms with van der Waals surface area (Å²) in [5, 5.41) is 0. The Morgan fingerprint density at radius 2 is 1.67 bits per heavy atom. The van der Waals surface area contributed by atoms with Gasteiger partial charge in [0.2, 0.25) is 0 Å². The summed E-state index contributed by atoms with van der Waals surface area (Å²) in [6, 6.07) is 8.32. The van der Waals surface area contributed by atoms with E-state index in [9.17, 15) is 9.59 Å². The lowest BCUT2D eigenvalue weighted by Gasteiger charge is -2.04. The van der Waals surface area contributed by atoms with E-state index in [0.29, 0.717) is 5.56 Å². The Labute approximate surface area is 87.7 Å². The lowest BCUT2D eigenvalue weighted by molar-refractivity contribution is -0.237. The number of rotatable bonds is 2. The van der Waals surface area contributed by atoms with Gasteiger partial charge >= 0.3 is 11.9 Å². The van der Waals surface area contributed by atoms with E-state index in [1.807, 2.05) is 0 Å². The normalized spacial score (nSPS) is 9.80. The third-order valence-electron chi connectivity index (χ3n) is 1.68. The first-order valence-corrected chi connectivity index (χ1v) is 4.59. The van der Waals surface area contributed by atoms with Crippen molar-refractivity contribution in [3.05, 3.63) is 35.9 Å². The summed E-state index contributed by atoms with van der Waals surface area (Å²) in [5.41, 5.74) is 0.342. The van der Waals surface area contributed by atoms with Crippen molar-refractivity contribution in [2.75, 3.05) is 0 Å². The van der Waals surface area contributed by atoms with Crippen LogP contribution in [0.2, 0.25) is 0 Å². The van der Waals surface area contributed by atoms with E-state index in [-0.39, 0.29) is 5.92 Å². The smallest absolute Gasteiger partial charge is 0.247 e. The van der Waals surface area contributed by atoms with Crippen LogP contribution in [0, 0.1) is 5.92 Å². The van der Waals surface area contributed by atoms with E-state index in [4.69, 9.17) is 0 Å². The second-order valence-corrected chi connectivity index (χ2v) is 3.29. The molecule has 0 aliphatic carbocycles. The Morgan fingerprint density at radius 3 is 2.20 bits per heavy atom. The van der Waals surface area contributed by atoms with Crippen LogP contribution in [0.5, 0.6) is 0 Å². The van der Waals surface area contributed by atoms with Gasteiger partial charge in [0, 0.05) is 0 Å². The molecule has 1 aromatic carbocycles. The third-order valence-corrected chi connectivity index (χ3v) is 1.68. The van der Waals surface area contributed by atoms with Crippen LogP contribution in [0.3, 0.4) is 0 Å². The van der Waals surface area contributed by atoms with Crippen molar-refractivity contribution in [1.29, 1.82) is 0 Å². The minimum absolute atomic E-state index is 0.325. The zero-order valence-electron chi connectivity index (χ0n) is 8.60. The van der Waals surface area contributed by atoms with Crippen molar-refractivity contribution in [3.63, 3.8) is 0 Å². The van der Waals surface area contributed by atoms with Crippen LogP contribution in [0.25, 0.3) is 0 Å². The van der Waals surface area contributed by atoms with Gasteiger partial charge in [0.05, 0.1) is 11.5 Å². The number of hydrogen-bond donors (Lipinski definition) is 0. The molecule has 80 valence electrons. The summed E-state index contributed by atoms with van der Waals surface area (Å²) in [5.74, 6) is -1.57. The van der Waals surface area contributed by atoms with E-state index in [2.05, 4.69) is 9.78 Å². The number of benzene rings is 1. The monoisotopic (exact) mass is 208 g/mol. The lowest BCUT2D eigenvalue weighted by Crippen LogP contribution is -2.15. The first-order chi connectivity index (χ1) is 7.11. The van der Waals surface area contributed by atoms with E-state index in [1.165, 1.54) is 0 Å². The largest absolute Gasteiger partial charge is 0.386 e. The van der Waals surface area contributed by atoms with Gasteiger partial charge in [-0.25, -0.2) is 19.4 Å². The van der Waals surface area contributed by atoms with Crippen molar-refractivity contribution in [3.8, 4) is 0 Å². The average molecular weight is 208 g/mol. The predicted octanol–water partition coefficient (Wildman–Crippen LogP) is 1.96. The minimum atomic E-state index is -0.676. The summed E-state index contributed by atoms with van der Waals surface area (Å²) in [6.45, 7) is 3.30. The van der Waals surface area contributed by atoms with Crippen LogP contribution in [0.1, 0.15) is 24.2 Å². The summed E-state index contributed by atoms with van der Waals surface area (Å²) in [7, 11) is 0. The van der Waals surface area contributed by atoms with Gasteiger partial charge in [-0.1, -0.05) is 32.0 Å². The van der Waals surface area contributed by atoms with Gasteiger partial charge in [-0.3, -0.25) is 0 Å². The highest BCUT2D eigenvalue weighted by Gasteiger charge is 2.14. The molecule has 1 aromatic rings. The molecule has 0 amide bonds. The number of carbonyl (C=O) groups is 2. The molecule has 4 heteroatoms. The second-order valence-electron chi connectivity index (χ2n) is 3.29. The Kier molecular flexibility index (Phi) is 3.85.